The molecule has 2 nitrogen and oxygen atoms in total. The highest BCUT2D eigenvalue weighted by Gasteiger charge is 2.22. The summed E-state index contributed by atoms with van der Waals surface area (Å²) in [5.74, 6) is 0.857. The SMILES string of the molecule is c1ccc(-c2cc3cc4oc5c(-c6c7ccccc7c(-c7cc8ccccc8c8ccccc78)c7ccccc67)cccc5c4cc3o2)cc1. The van der Waals surface area contributed by atoms with E-state index >= 15 is 0 Å². The van der Waals surface area contributed by atoms with Gasteiger partial charge >= 0.3 is 0 Å². The molecule has 0 saturated heterocycles. The summed E-state index contributed by atoms with van der Waals surface area (Å²) in [7, 11) is 0. The van der Waals surface area contributed by atoms with Crippen molar-refractivity contribution in [3.05, 3.63) is 170 Å². The van der Waals surface area contributed by atoms with E-state index in [-0.39, 0.29) is 0 Å². The van der Waals surface area contributed by atoms with Gasteiger partial charge in [0.2, 0.25) is 0 Å². The van der Waals surface area contributed by atoms with E-state index in [1.807, 2.05) is 18.2 Å². The molecule has 0 N–H and O–H groups in total. The minimum atomic E-state index is 0.854. The van der Waals surface area contributed by atoms with Crippen LogP contribution in [0.2, 0.25) is 0 Å². The predicted octanol–water partition coefficient (Wildman–Crippen LogP) is 13.9. The van der Waals surface area contributed by atoms with Crippen molar-refractivity contribution in [1.29, 1.82) is 0 Å². The second-order valence-electron chi connectivity index (χ2n) is 13.2. The molecule has 0 aliphatic heterocycles. The second-order valence-corrected chi connectivity index (χ2v) is 13.2. The van der Waals surface area contributed by atoms with Crippen LogP contribution in [0.5, 0.6) is 0 Å². The third kappa shape index (κ3) is 3.90. The molecule has 0 bridgehead atoms. The van der Waals surface area contributed by atoms with Gasteiger partial charge < -0.3 is 8.83 Å². The zero-order valence-electron chi connectivity index (χ0n) is 27.0. The number of benzene rings is 9. The molecular formula is C48H28O2. The normalized spacial score (nSPS) is 12.0. The monoisotopic (exact) mass is 636 g/mol. The Morgan fingerprint density at radius 3 is 1.60 bits per heavy atom. The molecule has 0 fully saturated rings. The van der Waals surface area contributed by atoms with Crippen molar-refractivity contribution in [1.82, 2.24) is 0 Å². The molecule has 0 radical (unpaired) electrons. The first kappa shape index (κ1) is 27.3. The molecule has 2 heterocycles. The van der Waals surface area contributed by atoms with Crippen LogP contribution >= 0.6 is 0 Å². The summed E-state index contributed by atoms with van der Waals surface area (Å²) >= 11 is 0. The predicted molar refractivity (Wildman–Crippen MR) is 210 cm³/mol. The number of fused-ring (bicyclic) bond motifs is 9. The van der Waals surface area contributed by atoms with Crippen LogP contribution in [0.1, 0.15) is 0 Å². The van der Waals surface area contributed by atoms with Crippen LogP contribution in [0.4, 0.5) is 0 Å². The van der Waals surface area contributed by atoms with E-state index in [0.717, 1.165) is 49.8 Å². The van der Waals surface area contributed by atoms with Crippen molar-refractivity contribution in [3.63, 3.8) is 0 Å². The maximum absolute atomic E-state index is 6.84. The standard InChI is InChI=1S/C48H28O2/c1-2-13-29(14-3-1)43-26-31-27-45-41(28-44(31)49-43)39-23-12-24-40(48(39)50-45)46-35-19-8-10-21-37(35)47(38-22-11-9-20-36(38)46)42-25-30-15-4-5-16-32(30)33-17-6-7-18-34(33)42/h1-28H. The molecule has 0 spiro atoms. The minimum absolute atomic E-state index is 0.854. The Hall–Kier alpha value is -6.64. The van der Waals surface area contributed by atoms with E-state index in [9.17, 15) is 0 Å². The van der Waals surface area contributed by atoms with Gasteiger partial charge in [0.1, 0.15) is 22.5 Å². The van der Waals surface area contributed by atoms with Crippen molar-refractivity contribution < 1.29 is 8.83 Å². The van der Waals surface area contributed by atoms with Gasteiger partial charge in [0.05, 0.1) is 0 Å². The van der Waals surface area contributed by atoms with Gasteiger partial charge in [-0.3, -0.25) is 0 Å². The lowest BCUT2D eigenvalue weighted by atomic mass is 9.83. The highest BCUT2D eigenvalue weighted by molar-refractivity contribution is 6.27. The first-order chi connectivity index (χ1) is 24.8. The zero-order chi connectivity index (χ0) is 32.8. The van der Waals surface area contributed by atoms with Crippen LogP contribution in [-0.4, -0.2) is 0 Å². The van der Waals surface area contributed by atoms with Crippen molar-refractivity contribution in [3.8, 4) is 33.6 Å². The highest BCUT2D eigenvalue weighted by Crippen LogP contribution is 2.48. The quantitative estimate of drug-likeness (QED) is 0.142. The Labute approximate surface area is 287 Å². The summed E-state index contributed by atoms with van der Waals surface area (Å²) in [6.07, 6.45) is 0. The van der Waals surface area contributed by atoms with Crippen molar-refractivity contribution in [2.24, 2.45) is 0 Å². The van der Waals surface area contributed by atoms with Crippen LogP contribution < -0.4 is 0 Å². The molecule has 11 aromatic rings. The molecule has 2 aromatic heterocycles. The van der Waals surface area contributed by atoms with Gasteiger partial charge in [-0.1, -0.05) is 146 Å². The molecule has 0 aliphatic carbocycles. The third-order valence-corrected chi connectivity index (χ3v) is 10.4. The van der Waals surface area contributed by atoms with Crippen LogP contribution in [-0.2, 0) is 0 Å². The molecule has 11 rings (SSSR count). The van der Waals surface area contributed by atoms with Gasteiger partial charge in [0.25, 0.3) is 0 Å². The lowest BCUT2D eigenvalue weighted by Gasteiger charge is -2.19. The van der Waals surface area contributed by atoms with Gasteiger partial charge in [0.15, 0.2) is 0 Å². The zero-order valence-corrected chi connectivity index (χ0v) is 27.0. The first-order valence-electron chi connectivity index (χ1n) is 17.1. The topological polar surface area (TPSA) is 26.3 Å². The summed E-state index contributed by atoms with van der Waals surface area (Å²) in [5, 5.41) is 13.1. The van der Waals surface area contributed by atoms with E-state index in [2.05, 4.69) is 152 Å². The van der Waals surface area contributed by atoms with E-state index < -0.39 is 0 Å². The van der Waals surface area contributed by atoms with E-state index in [1.165, 1.54) is 59.8 Å². The number of hydrogen-bond acceptors (Lipinski definition) is 2. The molecule has 232 valence electrons. The molecule has 0 saturated carbocycles. The van der Waals surface area contributed by atoms with E-state index in [1.54, 1.807) is 0 Å². The maximum Gasteiger partial charge on any atom is 0.143 e. The lowest BCUT2D eigenvalue weighted by molar-refractivity contribution is 0.631. The number of rotatable bonds is 3. The van der Waals surface area contributed by atoms with Crippen LogP contribution in [0.15, 0.2) is 179 Å². The maximum atomic E-state index is 6.84. The van der Waals surface area contributed by atoms with Gasteiger partial charge in [-0.2, -0.15) is 0 Å². The van der Waals surface area contributed by atoms with Crippen molar-refractivity contribution in [2.75, 3.05) is 0 Å². The van der Waals surface area contributed by atoms with Crippen molar-refractivity contribution in [2.45, 2.75) is 0 Å². The first-order valence-corrected chi connectivity index (χ1v) is 17.1. The lowest BCUT2D eigenvalue weighted by Crippen LogP contribution is -1.92. The summed E-state index contributed by atoms with van der Waals surface area (Å²) in [6.45, 7) is 0. The Morgan fingerprint density at radius 2 is 0.880 bits per heavy atom. The Balaban J connectivity index is 1.20. The molecule has 0 unspecified atom stereocenters. The van der Waals surface area contributed by atoms with Crippen LogP contribution in [0, 0.1) is 0 Å². The fourth-order valence-electron chi connectivity index (χ4n) is 8.24. The summed E-state index contributed by atoms with van der Waals surface area (Å²) in [6, 6.07) is 60.8. The van der Waals surface area contributed by atoms with Crippen LogP contribution in [0.3, 0.4) is 0 Å². The number of furan rings is 2. The number of para-hydroxylation sites is 1. The second kappa shape index (κ2) is 10.4. The van der Waals surface area contributed by atoms with E-state index in [0.29, 0.717) is 0 Å². The van der Waals surface area contributed by atoms with Gasteiger partial charge in [-0.15, -0.1) is 0 Å². The molecular weight excluding hydrogens is 609 g/mol. The molecule has 2 heteroatoms. The van der Waals surface area contributed by atoms with Crippen molar-refractivity contribution >= 4 is 76.0 Å². The average molecular weight is 637 g/mol. The Kier molecular flexibility index (Phi) is 5.70. The Bertz CT molecular complexity index is 3080. The highest BCUT2D eigenvalue weighted by atomic mass is 16.3. The molecule has 50 heavy (non-hydrogen) atoms. The van der Waals surface area contributed by atoms with E-state index in [4.69, 9.17) is 8.83 Å². The molecule has 0 amide bonds. The summed E-state index contributed by atoms with van der Waals surface area (Å²) in [4.78, 5) is 0. The van der Waals surface area contributed by atoms with Gasteiger partial charge in [-0.05, 0) is 78.5 Å². The summed E-state index contributed by atoms with van der Waals surface area (Å²) in [5.41, 5.74) is 8.43. The molecule has 9 aromatic carbocycles. The van der Waals surface area contributed by atoms with Crippen LogP contribution in [0.25, 0.3) is 110 Å². The molecule has 0 atom stereocenters. The average Bonchev–Trinajstić information content (AvgIpc) is 3.77. The number of hydrogen-bond donors (Lipinski definition) is 0. The molecule has 0 aliphatic rings. The minimum Gasteiger partial charge on any atom is -0.456 e. The van der Waals surface area contributed by atoms with Gasteiger partial charge in [0, 0.05) is 32.8 Å². The fraction of sp³-hybridized carbons (Fsp3) is 0. The van der Waals surface area contributed by atoms with Gasteiger partial charge in [-0.25, -0.2) is 0 Å². The Morgan fingerprint density at radius 1 is 0.300 bits per heavy atom. The smallest absolute Gasteiger partial charge is 0.143 e. The largest absolute Gasteiger partial charge is 0.456 e. The third-order valence-electron chi connectivity index (χ3n) is 10.4. The summed E-state index contributed by atoms with van der Waals surface area (Å²) < 4.78 is 13.2. The fourth-order valence-corrected chi connectivity index (χ4v) is 8.24.